The summed E-state index contributed by atoms with van der Waals surface area (Å²) in [7, 11) is 4.16. The third-order valence-corrected chi connectivity index (χ3v) is 5.03. The second-order valence-electron chi connectivity index (χ2n) is 7.76. The molecule has 0 saturated heterocycles. The first kappa shape index (κ1) is 20.5. The Labute approximate surface area is 182 Å². The second-order valence-corrected chi connectivity index (χ2v) is 7.76. The number of para-hydroxylation sites is 1. The van der Waals surface area contributed by atoms with Crippen molar-refractivity contribution in [2.75, 3.05) is 20.6 Å². The summed E-state index contributed by atoms with van der Waals surface area (Å²) in [6, 6.07) is 23.5. The van der Waals surface area contributed by atoms with Crippen LogP contribution in [-0.4, -0.2) is 41.3 Å². The highest BCUT2D eigenvalue weighted by Crippen LogP contribution is 2.24. The Morgan fingerprint density at radius 2 is 1.71 bits per heavy atom. The monoisotopic (exact) mass is 412 g/mol. The first-order valence-corrected chi connectivity index (χ1v) is 10.3. The van der Waals surface area contributed by atoms with Gasteiger partial charge in [-0.15, -0.1) is 0 Å². The van der Waals surface area contributed by atoms with E-state index in [1.807, 2.05) is 72.8 Å². The predicted molar refractivity (Wildman–Crippen MR) is 121 cm³/mol. The fraction of sp³-hybridized carbons (Fsp3) is 0.160. The summed E-state index contributed by atoms with van der Waals surface area (Å²) in [6.07, 6.45) is 5.23. The van der Waals surface area contributed by atoms with E-state index >= 15 is 0 Å². The molecule has 6 heteroatoms. The van der Waals surface area contributed by atoms with Gasteiger partial charge < -0.3 is 10.2 Å². The fourth-order valence-corrected chi connectivity index (χ4v) is 3.55. The highest BCUT2D eigenvalue weighted by atomic mass is 16.1. The van der Waals surface area contributed by atoms with Crippen LogP contribution in [0.1, 0.15) is 22.0 Å². The van der Waals surface area contributed by atoms with Gasteiger partial charge in [0.2, 0.25) is 0 Å². The van der Waals surface area contributed by atoms with Gasteiger partial charge in [-0.1, -0.05) is 48.5 Å². The van der Waals surface area contributed by atoms with Gasteiger partial charge in [-0.2, -0.15) is 5.10 Å². The molecule has 4 aromatic rings. The lowest BCUT2D eigenvalue weighted by atomic mass is 10.0. The number of carbonyl (C=O) groups is 1. The number of amides is 1. The van der Waals surface area contributed by atoms with Crippen molar-refractivity contribution in [3.8, 4) is 16.9 Å². The molecule has 0 saturated carbocycles. The molecule has 0 aliphatic heterocycles. The molecule has 0 spiro atoms. The Morgan fingerprint density at radius 1 is 1.00 bits per heavy atom. The van der Waals surface area contributed by atoms with Gasteiger partial charge in [0.05, 0.1) is 25.3 Å². The summed E-state index contributed by atoms with van der Waals surface area (Å²) < 4.78 is 1.74. The van der Waals surface area contributed by atoms with Gasteiger partial charge in [0, 0.05) is 24.2 Å². The van der Waals surface area contributed by atoms with Gasteiger partial charge in [0.1, 0.15) is 18.3 Å². The number of carbonyl (C=O) groups excluding carboxylic acids is 1. The summed E-state index contributed by atoms with van der Waals surface area (Å²) in [5.74, 6) is -0.156. The average Bonchev–Trinajstić information content (AvgIpc) is 3.26. The minimum Gasteiger partial charge on any atom is -0.340 e. The Hall–Kier alpha value is -3.77. The molecule has 0 aliphatic carbocycles. The van der Waals surface area contributed by atoms with Crippen LogP contribution in [0.25, 0.3) is 16.9 Å². The molecule has 0 aliphatic rings. The van der Waals surface area contributed by atoms with Crippen LogP contribution in [-0.2, 0) is 0 Å². The summed E-state index contributed by atoms with van der Waals surface area (Å²) in [5, 5.41) is 7.95. The summed E-state index contributed by atoms with van der Waals surface area (Å²) >= 11 is 0. The Morgan fingerprint density at radius 3 is 2.35 bits per heavy atom. The number of pyridine rings is 1. The quantitative estimate of drug-likeness (QED) is 0.490. The van der Waals surface area contributed by atoms with E-state index in [9.17, 15) is 4.79 Å². The van der Waals surface area contributed by atoms with Crippen molar-refractivity contribution in [2.24, 2.45) is 0 Å². The van der Waals surface area contributed by atoms with Crippen LogP contribution < -0.4 is 10.2 Å². The van der Waals surface area contributed by atoms with Crippen LogP contribution in [0.5, 0.6) is 0 Å². The molecular formula is C25H26N5O+. The molecule has 2 aromatic heterocycles. The molecule has 1 amide bonds. The number of quaternary nitrogens is 1. The van der Waals surface area contributed by atoms with Gasteiger partial charge in [-0.3, -0.25) is 9.78 Å². The highest BCUT2D eigenvalue weighted by Gasteiger charge is 2.23. The van der Waals surface area contributed by atoms with Gasteiger partial charge in [0.15, 0.2) is 0 Å². The lowest BCUT2D eigenvalue weighted by Gasteiger charge is -2.20. The predicted octanol–water partition coefficient (Wildman–Crippen LogP) is 2.55. The summed E-state index contributed by atoms with van der Waals surface area (Å²) in [5.41, 5.74) is 3.90. The molecule has 156 valence electrons. The van der Waals surface area contributed by atoms with E-state index < -0.39 is 0 Å². The topological polar surface area (TPSA) is 64.2 Å². The minimum atomic E-state index is -0.156. The van der Waals surface area contributed by atoms with Crippen molar-refractivity contribution in [3.63, 3.8) is 0 Å². The van der Waals surface area contributed by atoms with E-state index in [2.05, 4.69) is 24.4 Å². The van der Waals surface area contributed by atoms with Crippen molar-refractivity contribution in [2.45, 2.75) is 6.04 Å². The molecule has 2 aromatic carbocycles. The van der Waals surface area contributed by atoms with Crippen molar-refractivity contribution in [3.05, 3.63) is 103 Å². The smallest absolute Gasteiger partial charge is 0.255 e. The van der Waals surface area contributed by atoms with E-state index in [4.69, 9.17) is 5.10 Å². The van der Waals surface area contributed by atoms with Gasteiger partial charge in [0.25, 0.3) is 5.91 Å². The van der Waals surface area contributed by atoms with Crippen molar-refractivity contribution >= 4 is 5.91 Å². The van der Waals surface area contributed by atoms with E-state index in [0.717, 1.165) is 23.4 Å². The van der Waals surface area contributed by atoms with Crippen molar-refractivity contribution < 1.29 is 9.69 Å². The summed E-state index contributed by atoms with van der Waals surface area (Å²) in [4.78, 5) is 18.9. The van der Waals surface area contributed by atoms with E-state index in [0.29, 0.717) is 11.3 Å². The first-order chi connectivity index (χ1) is 15.1. The number of hydrogen-bond acceptors (Lipinski definition) is 3. The van der Waals surface area contributed by atoms with Crippen LogP contribution in [0.2, 0.25) is 0 Å². The van der Waals surface area contributed by atoms with E-state index in [1.54, 1.807) is 23.3 Å². The number of likely N-dealkylation sites (N-methyl/N-ethyl adjacent to an activating group) is 1. The van der Waals surface area contributed by atoms with Crippen LogP contribution in [0, 0.1) is 0 Å². The third kappa shape index (κ3) is 4.87. The molecule has 1 atom stereocenters. The highest BCUT2D eigenvalue weighted by molar-refractivity contribution is 6.00. The number of aromatic nitrogens is 3. The van der Waals surface area contributed by atoms with Crippen LogP contribution in [0.3, 0.4) is 0 Å². The maximum atomic E-state index is 13.5. The SMILES string of the molecule is C[NH+](C)C[C@H](NC(=O)c1cn(-c2ccccc2)nc1-c1cccnc1)c1ccccc1. The molecule has 31 heavy (non-hydrogen) atoms. The molecule has 0 bridgehead atoms. The van der Waals surface area contributed by atoms with E-state index in [1.165, 1.54) is 4.90 Å². The number of hydrogen-bond donors (Lipinski definition) is 2. The average molecular weight is 413 g/mol. The number of nitrogens with zero attached hydrogens (tertiary/aromatic N) is 3. The zero-order valence-corrected chi connectivity index (χ0v) is 17.7. The molecule has 4 rings (SSSR count). The first-order valence-electron chi connectivity index (χ1n) is 10.3. The van der Waals surface area contributed by atoms with Crippen molar-refractivity contribution in [1.29, 1.82) is 0 Å². The molecule has 0 fully saturated rings. The lowest BCUT2D eigenvalue weighted by molar-refractivity contribution is -0.860. The maximum absolute atomic E-state index is 13.5. The van der Waals surface area contributed by atoms with Crippen LogP contribution in [0.4, 0.5) is 0 Å². The second kappa shape index (κ2) is 9.36. The van der Waals surface area contributed by atoms with Crippen LogP contribution in [0.15, 0.2) is 91.4 Å². The Kier molecular flexibility index (Phi) is 6.19. The molecule has 2 heterocycles. The molecule has 0 unspecified atom stereocenters. The summed E-state index contributed by atoms with van der Waals surface area (Å²) in [6.45, 7) is 0.769. The maximum Gasteiger partial charge on any atom is 0.255 e. The largest absolute Gasteiger partial charge is 0.340 e. The van der Waals surface area contributed by atoms with Gasteiger partial charge in [-0.25, -0.2) is 4.68 Å². The molecule has 6 nitrogen and oxygen atoms in total. The minimum absolute atomic E-state index is 0.111. The lowest BCUT2D eigenvalue weighted by Crippen LogP contribution is -3.06. The normalized spacial score (nSPS) is 12.0. The van der Waals surface area contributed by atoms with Crippen LogP contribution >= 0.6 is 0 Å². The number of nitrogens with one attached hydrogen (secondary N) is 2. The standard InChI is InChI=1S/C25H25N5O/c1-29(2)18-23(19-10-5-3-6-11-19)27-25(31)22-17-30(21-13-7-4-8-14-21)28-24(22)20-12-9-15-26-16-20/h3-17,23H,18H2,1-2H3,(H,27,31)/p+1/t23-/m0/s1. The zero-order chi connectivity index (χ0) is 21.6. The van der Waals surface area contributed by atoms with Gasteiger partial charge in [-0.05, 0) is 29.8 Å². The number of benzene rings is 2. The van der Waals surface area contributed by atoms with Gasteiger partial charge >= 0.3 is 0 Å². The Bertz CT molecular complexity index is 1120. The third-order valence-electron chi connectivity index (χ3n) is 5.03. The van der Waals surface area contributed by atoms with E-state index in [-0.39, 0.29) is 11.9 Å². The zero-order valence-electron chi connectivity index (χ0n) is 17.7. The molecule has 2 N–H and O–H groups in total. The number of rotatable bonds is 7. The Balaban J connectivity index is 1.71. The molecular weight excluding hydrogens is 386 g/mol. The fourth-order valence-electron chi connectivity index (χ4n) is 3.55. The van der Waals surface area contributed by atoms with Crippen molar-refractivity contribution in [1.82, 2.24) is 20.1 Å². The molecule has 0 radical (unpaired) electrons.